The number of rotatable bonds is 6. The van der Waals surface area contributed by atoms with E-state index in [2.05, 4.69) is 6.58 Å². The number of hydrogen-bond donors (Lipinski definition) is 2. The number of ether oxygens (including phenoxy) is 1. The first-order valence-corrected chi connectivity index (χ1v) is 6.06. The predicted molar refractivity (Wildman–Crippen MR) is 65.4 cm³/mol. The number of nitrogens with two attached hydrogens (primary N) is 1. The summed E-state index contributed by atoms with van der Waals surface area (Å²) < 4.78 is 5.43. The lowest BCUT2D eigenvalue weighted by Crippen LogP contribution is -2.48. The highest BCUT2D eigenvalue weighted by Gasteiger charge is 2.25. The van der Waals surface area contributed by atoms with Crippen LogP contribution in [0.25, 0.3) is 0 Å². The SMILES string of the molecule is C=CCC(N)C(=O)N1CCC(OCCO)CC1. The van der Waals surface area contributed by atoms with Gasteiger partial charge in [0.2, 0.25) is 5.91 Å². The van der Waals surface area contributed by atoms with Crippen LogP contribution in [0.1, 0.15) is 19.3 Å². The largest absolute Gasteiger partial charge is 0.394 e. The molecule has 17 heavy (non-hydrogen) atoms. The van der Waals surface area contributed by atoms with E-state index in [1.807, 2.05) is 0 Å². The highest BCUT2D eigenvalue weighted by atomic mass is 16.5. The average Bonchev–Trinajstić information content (AvgIpc) is 2.36. The van der Waals surface area contributed by atoms with Crippen LogP contribution in [0.5, 0.6) is 0 Å². The van der Waals surface area contributed by atoms with Gasteiger partial charge in [-0.05, 0) is 19.3 Å². The summed E-state index contributed by atoms with van der Waals surface area (Å²) in [6, 6.07) is -0.470. The number of carbonyl (C=O) groups is 1. The first kappa shape index (κ1) is 14.2. The van der Waals surface area contributed by atoms with Gasteiger partial charge in [-0.2, -0.15) is 0 Å². The van der Waals surface area contributed by atoms with E-state index >= 15 is 0 Å². The smallest absolute Gasteiger partial charge is 0.239 e. The second-order valence-electron chi connectivity index (χ2n) is 4.25. The van der Waals surface area contributed by atoms with Gasteiger partial charge < -0.3 is 20.5 Å². The normalized spacial score (nSPS) is 19.1. The molecule has 1 atom stereocenters. The minimum Gasteiger partial charge on any atom is -0.394 e. The lowest BCUT2D eigenvalue weighted by molar-refractivity contribution is -0.135. The minimum atomic E-state index is -0.470. The topological polar surface area (TPSA) is 75.8 Å². The summed E-state index contributed by atoms with van der Waals surface area (Å²) >= 11 is 0. The van der Waals surface area contributed by atoms with Crippen LogP contribution in [0.3, 0.4) is 0 Å². The number of carbonyl (C=O) groups excluding carboxylic acids is 1. The Kier molecular flexibility index (Phi) is 6.18. The second-order valence-corrected chi connectivity index (χ2v) is 4.25. The Labute approximate surface area is 102 Å². The van der Waals surface area contributed by atoms with Crippen LogP contribution in [0.15, 0.2) is 12.7 Å². The zero-order valence-electron chi connectivity index (χ0n) is 10.2. The lowest BCUT2D eigenvalue weighted by atomic mass is 10.1. The summed E-state index contributed by atoms with van der Waals surface area (Å²) in [6.07, 6.45) is 3.96. The molecule has 1 aliphatic heterocycles. The number of likely N-dealkylation sites (tertiary alicyclic amines) is 1. The molecule has 0 saturated carbocycles. The quantitative estimate of drug-likeness (QED) is 0.637. The summed E-state index contributed by atoms with van der Waals surface area (Å²) in [7, 11) is 0. The van der Waals surface area contributed by atoms with Gasteiger partial charge in [0.1, 0.15) is 0 Å². The van der Waals surface area contributed by atoms with Crippen molar-refractivity contribution in [3.8, 4) is 0 Å². The number of aliphatic hydroxyl groups is 1. The molecule has 0 spiro atoms. The Morgan fingerprint density at radius 2 is 2.24 bits per heavy atom. The van der Waals surface area contributed by atoms with Crippen molar-refractivity contribution in [3.05, 3.63) is 12.7 Å². The first-order chi connectivity index (χ1) is 8.19. The van der Waals surface area contributed by atoms with Crippen LogP contribution in [-0.2, 0) is 9.53 Å². The third-order valence-corrected chi connectivity index (χ3v) is 2.94. The molecule has 3 N–H and O–H groups in total. The highest BCUT2D eigenvalue weighted by molar-refractivity contribution is 5.81. The van der Waals surface area contributed by atoms with E-state index in [0.29, 0.717) is 26.1 Å². The fourth-order valence-electron chi connectivity index (χ4n) is 1.98. The van der Waals surface area contributed by atoms with Crippen LogP contribution in [0.4, 0.5) is 0 Å². The first-order valence-electron chi connectivity index (χ1n) is 6.06. The molecule has 5 nitrogen and oxygen atoms in total. The van der Waals surface area contributed by atoms with Gasteiger partial charge >= 0.3 is 0 Å². The maximum Gasteiger partial charge on any atom is 0.239 e. The van der Waals surface area contributed by atoms with Crippen molar-refractivity contribution in [2.24, 2.45) is 5.73 Å². The number of hydrogen-bond acceptors (Lipinski definition) is 4. The van der Waals surface area contributed by atoms with Gasteiger partial charge in [0.25, 0.3) is 0 Å². The standard InChI is InChI=1S/C12H22N2O3/c1-2-3-11(13)12(16)14-6-4-10(5-7-14)17-9-8-15/h2,10-11,15H,1,3-9,13H2. The molecule has 1 unspecified atom stereocenters. The zero-order valence-corrected chi connectivity index (χ0v) is 10.2. The minimum absolute atomic E-state index is 0.00879. The molecule has 0 aromatic rings. The second kappa shape index (κ2) is 7.42. The van der Waals surface area contributed by atoms with Crippen LogP contribution < -0.4 is 5.73 Å². The van der Waals surface area contributed by atoms with Crippen molar-refractivity contribution in [3.63, 3.8) is 0 Å². The van der Waals surface area contributed by atoms with E-state index in [0.717, 1.165) is 12.8 Å². The molecule has 0 aromatic heterocycles. The van der Waals surface area contributed by atoms with Gasteiger partial charge in [-0.1, -0.05) is 6.08 Å². The molecule has 0 aromatic carbocycles. The monoisotopic (exact) mass is 242 g/mol. The van der Waals surface area contributed by atoms with Gasteiger partial charge in [-0.25, -0.2) is 0 Å². The highest BCUT2D eigenvalue weighted by Crippen LogP contribution is 2.14. The number of amides is 1. The summed E-state index contributed by atoms with van der Waals surface area (Å²) in [4.78, 5) is 13.7. The molecule has 0 bridgehead atoms. The number of aliphatic hydroxyl groups excluding tert-OH is 1. The van der Waals surface area contributed by atoms with E-state index in [9.17, 15) is 4.79 Å². The van der Waals surface area contributed by atoms with Gasteiger partial charge in [0.15, 0.2) is 0 Å². The van der Waals surface area contributed by atoms with Crippen molar-refractivity contribution in [1.29, 1.82) is 0 Å². The van der Waals surface area contributed by atoms with E-state index < -0.39 is 6.04 Å². The Bertz CT molecular complexity index is 250. The summed E-state index contributed by atoms with van der Waals surface area (Å²) in [5, 5.41) is 8.65. The van der Waals surface area contributed by atoms with Crippen LogP contribution >= 0.6 is 0 Å². The number of piperidine rings is 1. The van der Waals surface area contributed by atoms with Crippen LogP contribution in [-0.4, -0.2) is 54.4 Å². The van der Waals surface area contributed by atoms with Crippen molar-refractivity contribution in [1.82, 2.24) is 4.90 Å². The lowest BCUT2D eigenvalue weighted by Gasteiger charge is -2.33. The van der Waals surface area contributed by atoms with E-state index in [4.69, 9.17) is 15.6 Å². The zero-order chi connectivity index (χ0) is 12.7. The van der Waals surface area contributed by atoms with Gasteiger partial charge in [0.05, 0.1) is 25.4 Å². The van der Waals surface area contributed by atoms with Crippen LogP contribution in [0.2, 0.25) is 0 Å². The van der Waals surface area contributed by atoms with Gasteiger partial charge in [0, 0.05) is 13.1 Å². The third kappa shape index (κ3) is 4.46. The van der Waals surface area contributed by atoms with Crippen molar-refractivity contribution >= 4 is 5.91 Å². The fraction of sp³-hybridized carbons (Fsp3) is 0.750. The molecule has 0 aliphatic carbocycles. The Balaban J connectivity index is 2.30. The summed E-state index contributed by atoms with van der Waals surface area (Å²) in [5.41, 5.74) is 5.75. The third-order valence-electron chi connectivity index (χ3n) is 2.94. The van der Waals surface area contributed by atoms with Gasteiger partial charge in [-0.15, -0.1) is 6.58 Å². The molecule has 1 heterocycles. The van der Waals surface area contributed by atoms with E-state index in [-0.39, 0.29) is 18.6 Å². The Morgan fingerprint density at radius 3 is 2.76 bits per heavy atom. The predicted octanol–water partition coefficient (Wildman–Crippen LogP) is -0.110. The van der Waals surface area contributed by atoms with Crippen molar-refractivity contribution in [2.75, 3.05) is 26.3 Å². The fourth-order valence-corrected chi connectivity index (χ4v) is 1.98. The summed E-state index contributed by atoms with van der Waals surface area (Å²) in [6.45, 7) is 5.35. The maximum absolute atomic E-state index is 11.9. The molecule has 1 rings (SSSR count). The molecular formula is C12H22N2O3. The van der Waals surface area contributed by atoms with Gasteiger partial charge in [-0.3, -0.25) is 4.79 Å². The average molecular weight is 242 g/mol. The van der Waals surface area contributed by atoms with Crippen molar-refractivity contribution < 1.29 is 14.6 Å². The Morgan fingerprint density at radius 1 is 1.59 bits per heavy atom. The molecule has 1 amide bonds. The molecular weight excluding hydrogens is 220 g/mol. The molecule has 5 heteroatoms. The maximum atomic E-state index is 11.9. The van der Waals surface area contributed by atoms with E-state index in [1.54, 1.807) is 11.0 Å². The molecule has 98 valence electrons. The summed E-state index contributed by atoms with van der Waals surface area (Å²) in [5.74, 6) is -0.00879. The molecule has 0 radical (unpaired) electrons. The number of nitrogens with zero attached hydrogens (tertiary/aromatic N) is 1. The molecule has 1 fully saturated rings. The Hall–Kier alpha value is -0.910. The van der Waals surface area contributed by atoms with Crippen LogP contribution in [0, 0.1) is 0 Å². The van der Waals surface area contributed by atoms with E-state index in [1.165, 1.54) is 0 Å². The molecule has 1 saturated heterocycles. The van der Waals surface area contributed by atoms with Crippen molar-refractivity contribution in [2.45, 2.75) is 31.4 Å². The molecule has 1 aliphatic rings.